The molecule has 1 fully saturated rings. The second-order valence-electron chi connectivity index (χ2n) is 6.85. The number of nitro groups is 1. The van der Waals surface area contributed by atoms with Gasteiger partial charge < -0.3 is 14.4 Å². The first-order valence-electron chi connectivity index (χ1n) is 9.23. The molecular formula is C21H20N2O7. The van der Waals surface area contributed by atoms with Gasteiger partial charge in [-0.25, -0.2) is 0 Å². The summed E-state index contributed by atoms with van der Waals surface area (Å²) in [5.74, 6) is -1.53. The van der Waals surface area contributed by atoms with Crippen LogP contribution >= 0.6 is 0 Å². The molecule has 30 heavy (non-hydrogen) atoms. The molecule has 3 rings (SSSR count). The standard InChI is InChI=1S/C21H20N2O7/c1-13(20(25)14-6-8-18(29-2)9-7-14)30-21(26)15-10-19(24)22(12-15)16-4-3-5-17(11-16)23(27)28/h3-9,11,13,15H,10,12H2,1-2H3/t13-,15-/m1/s1. The molecule has 0 unspecified atom stereocenters. The highest BCUT2D eigenvalue weighted by Crippen LogP contribution is 2.28. The van der Waals surface area contributed by atoms with Gasteiger partial charge >= 0.3 is 5.97 Å². The fraction of sp³-hybridized carbons (Fsp3) is 0.286. The molecule has 156 valence electrons. The van der Waals surface area contributed by atoms with E-state index < -0.39 is 22.9 Å². The Balaban J connectivity index is 1.64. The molecule has 2 atom stereocenters. The van der Waals surface area contributed by atoms with Crippen LogP contribution in [-0.4, -0.2) is 42.3 Å². The second kappa shape index (κ2) is 8.73. The first kappa shape index (κ1) is 21.0. The minimum atomic E-state index is -1.02. The van der Waals surface area contributed by atoms with Crippen molar-refractivity contribution >= 4 is 29.0 Å². The molecule has 1 amide bonds. The van der Waals surface area contributed by atoms with Gasteiger partial charge in [0.15, 0.2) is 6.10 Å². The molecule has 1 saturated heterocycles. The van der Waals surface area contributed by atoms with Crippen LogP contribution in [0.1, 0.15) is 23.7 Å². The van der Waals surface area contributed by atoms with Crippen molar-refractivity contribution in [3.63, 3.8) is 0 Å². The summed E-state index contributed by atoms with van der Waals surface area (Å²) in [6.45, 7) is 1.50. The van der Waals surface area contributed by atoms with E-state index in [0.29, 0.717) is 17.0 Å². The third-order valence-corrected chi connectivity index (χ3v) is 4.85. The second-order valence-corrected chi connectivity index (χ2v) is 6.85. The summed E-state index contributed by atoms with van der Waals surface area (Å²) in [6.07, 6.45) is -1.11. The molecule has 1 heterocycles. The van der Waals surface area contributed by atoms with Gasteiger partial charge in [-0.05, 0) is 37.3 Å². The number of amides is 1. The topological polar surface area (TPSA) is 116 Å². The Morgan fingerprint density at radius 1 is 1.20 bits per heavy atom. The van der Waals surface area contributed by atoms with Crippen LogP contribution in [0.25, 0.3) is 0 Å². The van der Waals surface area contributed by atoms with Gasteiger partial charge in [0.25, 0.3) is 5.69 Å². The van der Waals surface area contributed by atoms with E-state index in [-0.39, 0.29) is 30.3 Å². The summed E-state index contributed by atoms with van der Waals surface area (Å²) in [7, 11) is 1.51. The lowest BCUT2D eigenvalue weighted by Gasteiger charge is -2.17. The van der Waals surface area contributed by atoms with Gasteiger partial charge in [0, 0.05) is 30.7 Å². The molecule has 9 nitrogen and oxygen atoms in total. The number of non-ortho nitro benzene ring substituents is 1. The maximum Gasteiger partial charge on any atom is 0.312 e. The Kier molecular flexibility index (Phi) is 6.10. The molecule has 2 aromatic rings. The number of anilines is 1. The average molecular weight is 412 g/mol. The number of hydrogen-bond donors (Lipinski definition) is 0. The van der Waals surface area contributed by atoms with Gasteiger partial charge in [0.2, 0.25) is 11.7 Å². The largest absolute Gasteiger partial charge is 0.497 e. The maximum atomic E-state index is 12.5. The first-order valence-corrected chi connectivity index (χ1v) is 9.23. The normalized spacial score (nSPS) is 16.8. The number of methoxy groups -OCH3 is 1. The number of rotatable bonds is 7. The minimum absolute atomic E-state index is 0.0300. The molecule has 2 aromatic carbocycles. The summed E-state index contributed by atoms with van der Waals surface area (Å²) < 4.78 is 10.3. The van der Waals surface area contributed by atoms with Crippen molar-refractivity contribution < 1.29 is 28.8 Å². The molecule has 9 heteroatoms. The van der Waals surface area contributed by atoms with Crippen molar-refractivity contribution in [1.82, 2.24) is 0 Å². The number of ether oxygens (including phenoxy) is 2. The highest BCUT2D eigenvalue weighted by molar-refractivity contribution is 6.02. The van der Waals surface area contributed by atoms with E-state index in [1.165, 1.54) is 37.1 Å². The molecule has 0 saturated carbocycles. The predicted octanol–water partition coefficient (Wildman–Crippen LogP) is 2.77. The molecule has 0 spiro atoms. The zero-order valence-corrected chi connectivity index (χ0v) is 16.4. The summed E-state index contributed by atoms with van der Waals surface area (Å²) >= 11 is 0. The van der Waals surface area contributed by atoms with Gasteiger partial charge in [0.1, 0.15) is 5.75 Å². The third kappa shape index (κ3) is 4.45. The summed E-state index contributed by atoms with van der Waals surface area (Å²) in [5.41, 5.74) is 0.564. The van der Waals surface area contributed by atoms with Gasteiger partial charge in [-0.1, -0.05) is 6.07 Å². The van der Waals surface area contributed by atoms with Crippen LogP contribution in [0.15, 0.2) is 48.5 Å². The van der Waals surface area contributed by atoms with Crippen molar-refractivity contribution in [2.45, 2.75) is 19.4 Å². The zero-order valence-electron chi connectivity index (χ0n) is 16.4. The van der Waals surface area contributed by atoms with E-state index in [0.717, 1.165) is 0 Å². The molecule has 0 N–H and O–H groups in total. The van der Waals surface area contributed by atoms with Crippen molar-refractivity contribution in [3.05, 3.63) is 64.2 Å². The fourth-order valence-corrected chi connectivity index (χ4v) is 3.20. The van der Waals surface area contributed by atoms with Crippen LogP contribution in [0.2, 0.25) is 0 Å². The number of nitrogens with zero attached hydrogens (tertiary/aromatic N) is 2. The highest BCUT2D eigenvalue weighted by Gasteiger charge is 2.37. The number of Topliss-reactive ketones (excluding diaryl/α,β-unsaturated/α-hetero) is 1. The number of hydrogen-bond acceptors (Lipinski definition) is 7. The van der Waals surface area contributed by atoms with Gasteiger partial charge in [-0.2, -0.15) is 0 Å². The molecule has 0 aliphatic carbocycles. The third-order valence-electron chi connectivity index (χ3n) is 4.85. The van der Waals surface area contributed by atoms with E-state index >= 15 is 0 Å². The van der Waals surface area contributed by atoms with Gasteiger partial charge in [0.05, 0.1) is 23.6 Å². The van der Waals surface area contributed by atoms with Crippen molar-refractivity contribution in [1.29, 1.82) is 0 Å². The van der Waals surface area contributed by atoms with Crippen LogP contribution in [0.5, 0.6) is 5.75 Å². The van der Waals surface area contributed by atoms with Gasteiger partial charge in [-0.3, -0.25) is 24.5 Å². The number of nitro benzene ring substituents is 1. The monoisotopic (exact) mass is 412 g/mol. The number of carbonyl (C=O) groups is 3. The van der Waals surface area contributed by atoms with E-state index in [1.54, 1.807) is 30.3 Å². The Bertz CT molecular complexity index is 987. The van der Waals surface area contributed by atoms with Crippen LogP contribution in [0.4, 0.5) is 11.4 Å². The van der Waals surface area contributed by atoms with Crippen molar-refractivity contribution in [3.8, 4) is 5.75 Å². The molecule has 1 aliphatic heterocycles. The van der Waals surface area contributed by atoms with Crippen molar-refractivity contribution in [2.24, 2.45) is 5.92 Å². The zero-order chi connectivity index (χ0) is 21.8. The van der Waals surface area contributed by atoms with E-state index in [4.69, 9.17) is 9.47 Å². The van der Waals surface area contributed by atoms with Crippen LogP contribution in [0, 0.1) is 16.0 Å². The molecule has 0 aromatic heterocycles. The molecule has 1 aliphatic rings. The summed E-state index contributed by atoms with van der Waals surface area (Å²) in [4.78, 5) is 49.0. The lowest BCUT2D eigenvalue weighted by Crippen LogP contribution is -2.30. The van der Waals surface area contributed by atoms with E-state index in [2.05, 4.69) is 0 Å². The Morgan fingerprint density at radius 2 is 1.90 bits per heavy atom. The van der Waals surface area contributed by atoms with Crippen molar-refractivity contribution in [2.75, 3.05) is 18.6 Å². The number of benzene rings is 2. The van der Waals surface area contributed by atoms with Gasteiger partial charge in [-0.15, -0.1) is 0 Å². The lowest BCUT2D eigenvalue weighted by molar-refractivity contribution is -0.384. The molecule has 0 bridgehead atoms. The Hall–Kier alpha value is -3.75. The Morgan fingerprint density at radius 3 is 2.53 bits per heavy atom. The maximum absolute atomic E-state index is 12.5. The predicted molar refractivity (Wildman–Crippen MR) is 106 cm³/mol. The molecule has 0 radical (unpaired) electrons. The molecular weight excluding hydrogens is 392 g/mol. The van der Waals surface area contributed by atoms with E-state index in [1.807, 2.05) is 0 Å². The van der Waals surface area contributed by atoms with Crippen LogP contribution in [0.3, 0.4) is 0 Å². The minimum Gasteiger partial charge on any atom is -0.497 e. The van der Waals surface area contributed by atoms with Crippen LogP contribution < -0.4 is 9.64 Å². The number of carbonyl (C=O) groups excluding carboxylic acids is 3. The first-order chi connectivity index (χ1) is 14.3. The smallest absolute Gasteiger partial charge is 0.312 e. The number of ketones is 1. The van der Waals surface area contributed by atoms with E-state index in [9.17, 15) is 24.5 Å². The van der Waals surface area contributed by atoms with Crippen LogP contribution in [-0.2, 0) is 14.3 Å². The fourth-order valence-electron chi connectivity index (χ4n) is 3.20. The summed E-state index contributed by atoms with van der Waals surface area (Å²) in [5, 5.41) is 10.9. The SMILES string of the molecule is COc1ccc(C(=O)[C@@H](C)OC(=O)[C@@H]2CC(=O)N(c3cccc([N+](=O)[O-])c3)C2)cc1. The quantitative estimate of drug-likeness (QED) is 0.297. The summed E-state index contributed by atoms with van der Waals surface area (Å²) in [6, 6.07) is 12.1. The average Bonchev–Trinajstić information content (AvgIpc) is 3.15. The highest BCUT2D eigenvalue weighted by atomic mass is 16.6. The number of esters is 1. The lowest BCUT2D eigenvalue weighted by atomic mass is 10.1. The Labute approximate surface area is 172 Å².